The maximum absolute atomic E-state index is 12.6. The summed E-state index contributed by atoms with van der Waals surface area (Å²) in [5, 5.41) is 12.6. The van der Waals surface area contributed by atoms with Crippen LogP contribution in [0.2, 0.25) is 0 Å². The molecule has 2 aromatic carbocycles. The Bertz CT molecular complexity index is 1190. The van der Waals surface area contributed by atoms with Gasteiger partial charge in [0.1, 0.15) is 11.3 Å². The van der Waals surface area contributed by atoms with Gasteiger partial charge >= 0.3 is 5.97 Å². The highest BCUT2D eigenvalue weighted by molar-refractivity contribution is 6.04. The van der Waals surface area contributed by atoms with E-state index < -0.39 is 11.9 Å². The fourth-order valence-corrected chi connectivity index (χ4v) is 4.16. The highest BCUT2D eigenvalue weighted by Gasteiger charge is 2.35. The van der Waals surface area contributed by atoms with E-state index in [-0.39, 0.29) is 23.6 Å². The number of aromatic carboxylic acids is 1. The number of nitrogens with one attached hydrogen (secondary N) is 1. The number of carboxylic acid groups (broad SMARTS) is 1. The number of benzene rings is 2. The molecule has 1 amide bonds. The van der Waals surface area contributed by atoms with Gasteiger partial charge in [0.25, 0.3) is 0 Å². The number of hydrogen-bond acceptors (Lipinski definition) is 6. The molecule has 3 aromatic rings. The maximum Gasteiger partial charge on any atom is 0.339 e. The number of methoxy groups -OCH3 is 4. The van der Waals surface area contributed by atoms with Crippen LogP contribution in [0.5, 0.6) is 23.0 Å². The SMILES string of the molecule is COc1ccc(-n2cc(C(=O)O)c3c2C(c2cc(OC)c(OC)c(OC)c2)CC(=O)N3)cc1. The van der Waals surface area contributed by atoms with Crippen LogP contribution in [0, 0.1) is 0 Å². The minimum atomic E-state index is -1.13. The number of nitrogens with zero attached hydrogens (tertiary/aromatic N) is 1. The zero-order valence-corrected chi connectivity index (χ0v) is 18.7. The molecule has 0 saturated carbocycles. The van der Waals surface area contributed by atoms with E-state index in [2.05, 4.69) is 5.32 Å². The van der Waals surface area contributed by atoms with Crippen molar-refractivity contribution in [3.63, 3.8) is 0 Å². The second kappa shape index (κ2) is 8.78. The Kier molecular flexibility index (Phi) is 5.87. The molecular formula is C24H24N2O7. The molecule has 0 fully saturated rings. The number of hydrogen-bond donors (Lipinski definition) is 2. The largest absolute Gasteiger partial charge is 0.497 e. The summed E-state index contributed by atoms with van der Waals surface area (Å²) in [4.78, 5) is 24.6. The number of carbonyl (C=O) groups excluding carboxylic acids is 1. The second-order valence-electron chi connectivity index (χ2n) is 7.44. The highest BCUT2D eigenvalue weighted by Crippen LogP contribution is 2.46. The summed E-state index contributed by atoms with van der Waals surface area (Å²) in [6, 6.07) is 10.8. The lowest BCUT2D eigenvalue weighted by Crippen LogP contribution is -2.25. The van der Waals surface area contributed by atoms with E-state index in [9.17, 15) is 14.7 Å². The molecule has 2 N–H and O–H groups in total. The first-order valence-corrected chi connectivity index (χ1v) is 10.1. The molecule has 1 unspecified atom stereocenters. The van der Waals surface area contributed by atoms with E-state index in [0.717, 1.165) is 11.3 Å². The number of rotatable bonds is 7. The lowest BCUT2D eigenvalue weighted by atomic mass is 9.87. The zero-order valence-electron chi connectivity index (χ0n) is 18.7. The Balaban J connectivity index is 1.96. The van der Waals surface area contributed by atoms with Crippen LogP contribution in [0.1, 0.15) is 34.0 Å². The monoisotopic (exact) mass is 452 g/mol. The van der Waals surface area contributed by atoms with Gasteiger partial charge in [-0.2, -0.15) is 0 Å². The van der Waals surface area contributed by atoms with Gasteiger partial charge in [0.15, 0.2) is 11.5 Å². The Hall–Kier alpha value is -4.14. The molecule has 172 valence electrons. The number of anilines is 1. The summed E-state index contributed by atoms with van der Waals surface area (Å²) in [6.45, 7) is 0. The molecule has 1 aliphatic heterocycles. The quantitative estimate of drug-likeness (QED) is 0.563. The van der Waals surface area contributed by atoms with Crippen molar-refractivity contribution in [3.05, 3.63) is 59.4 Å². The number of aromatic nitrogens is 1. The topological polar surface area (TPSA) is 108 Å². The van der Waals surface area contributed by atoms with E-state index in [1.807, 2.05) is 12.1 Å². The predicted molar refractivity (Wildman–Crippen MR) is 120 cm³/mol. The van der Waals surface area contributed by atoms with Gasteiger partial charge in [0, 0.05) is 24.2 Å². The fraction of sp³-hybridized carbons (Fsp3) is 0.250. The van der Waals surface area contributed by atoms with Crippen molar-refractivity contribution in [1.82, 2.24) is 4.57 Å². The molecule has 0 bridgehead atoms. The van der Waals surface area contributed by atoms with Gasteiger partial charge in [-0.25, -0.2) is 4.79 Å². The lowest BCUT2D eigenvalue weighted by molar-refractivity contribution is -0.116. The van der Waals surface area contributed by atoms with Crippen LogP contribution in [0.15, 0.2) is 42.6 Å². The van der Waals surface area contributed by atoms with Crippen LogP contribution in [-0.2, 0) is 4.79 Å². The van der Waals surface area contributed by atoms with Gasteiger partial charge < -0.3 is 33.9 Å². The summed E-state index contributed by atoms with van der Waals surface area (Å²) >= 11 is 0. The average molecular weight is 452 g/mol. The van der Waals surface area contributed by atoms with Crippen LogP contribution in [-0.4, -0.2) is 50.0 Å². The van der Waals surface area contributed by atoms with Crippen molar-refractivity contribution in [2.45, 2.75) is 12.3 Å². The first-order chi connectivity index (χ1) is 15.9. The highest BCUT2D eigenvalue weighted by atomic mass is 16.5. The van der Waals surface area contributed by atoms with Gasteiger partial charge in [0.2, 0.25) is 11.7 Å². The minimum Gasteiger partial charge on any atom is -0.497 e. The second-order valence-corrected chi connectivity index (χ2v) is 7.44. The van der Waals surface area contributed by atoms with Gasteiger partial charge in [-0.05, 0) is 42.0 Å². The van der Waals surface area contributed by atoms with Crippen LogP contribution in [0.3, 0.4) is 0 Å². The normalized spacial score (nSPS) is 14.8. The van der Waals surface area contributed by atoms with Crippen LogP contribution < -0.4 is 24.3 Å². The third kappa shape index (κ3) is 3.82. The summed E-state index contributed by atoms with van der Waals surface area (Å²) in [6.07, 6.45) is 1.64. The average Bonchev–Trinajstić information content (AvgIpc) is 3.22. The number of ether oxygens (including phenoxy) is 4. The predicted octanol–water partition coefficient (Wildman–Crippen LogP) is 3.68. The number of fused-ring (bicyclic) bond motifs is 1. The van der Waals surface area contributed by atoms with Crippen molar-refractivity contribution in [2.75, 3.05) is 33.8 Å². The van der Waals surface area contributed by atoms with Crippen molar-refractivity contribution in [1.29, 1.82) is 0 Å². The summed E-state index contributed by atoms with van der Waals surface area (Å²) < 4.78 is 23.4. The van der Waals surface area contributed by atoms with E-state index in [1.165, 1.54) is 27.5 Å². The van der Waals surface area contributed by atoms with Gasteiger partial charge in [-0.15, -0.1) is 0 Å². The maximum atomic E-state index is 12.6. The van der Waals surface area contributed by atoms with Crippen molar-refractivity contribution < 1.29 is 33.6 Å². The van der Waals surface area contributed by atoms with Crippen molar-refractivity contribution in [2.24, 2.45) is 0 Å². The molecule has 0 spiro atoms. The standard InChI is InChI=1S/C24H24N2O7/c1-30-15-7-5-14(6-8-15)26-12-17(24(28)29)21-22(26)16(11-20(27)25-21)13-9-18(31-2)23(33-4)19(10-13)32-3/h5-10,12,16H,11H2,1-4H3,(H,25,27)(H,28,29). The Morgan fingerprint density at radius 1 is 1.00 bits per heavy atom. The minimum absolute atomic E-state index is 0.00584. The van der Waals surface area contributed by atoms with Crippen LogP contribution >= 0.6 is 0 Å². The number of amides is 1. The first kappa shape index (κ1) is 22.1. The molecule has 0 saturated heterocycles. The van der Waals surface area contributed by atoms with E-state index in [4.69, 9.17) is 18.9 Å². The zero-order chi connectivity index (χ0) is 23.7. The van der Waals surface area contributed by atoms with E-state index >= 15 is 0 Å². The van der Waals surface area contributed by atoms with Crippen molar-refractivity contribution >= 4 is 17.6 Å². The number of carboxylic acids is 1. The molecule has 33 heavy (non-hydrogen) atoms. The van der Waals surface area contributed by atoms with E-state index in [1.54, 1.807) is 35.9 Å². The van der Waals surface area contributed by atoms with Crippen LogP contribution in [0.25, 0.3) is 5.69 Å². The van der Waals surface area contributed by atoms with Gasteiger partial charge in [0.05, 0.1) is 39.8 Å². The molecule has 9 nitrogen and oxygen atoms in total. The smallest absolute Gasteiger partial charge is 0.339 e. The molecule has 4 rings (SSSR count). The van der Waals surface area contributed by atoms with Gasteiger partial charge in [-0.3, -0.25) is 4.79 Å². The number of carbonyl (C=O) groups is 2. The molecule has 0 radical (unpaired) electrons. The summed E-state index contributed by atoms with van der Waals surface area (Å²) in [5.74, 6) is 0.118. The molecule has 0 aliphatic carbocycles. The molecule has 1 aromatic heterocycles. The van der Waals surface area contributed by atoms with Crippen molar-refractivity contribution in [3.8, 4) is 28.7 Å². The first-order valence-electron chi connectivity index (χ1n) is 10.1. The molecule has 1 atom stereocenters. The summed E-state index contributed by atoms with van der Waals surface area (Å²) in [7, 11) is 6.12. The summed E-state index contributed by atoms with van der Waals surface area (Å²) in [5.41, 5.74) is 2.38. The Morgan fingerprint density at radius 2 is 1.64 bits per heavy atom. The Labute approximate surface area is 190 Å². The van der Waals surface area contributed by atoms with Gasteiger partial charge in [-0.1, -0.05) is 0 Å². The Morgan fingerprint density at radius 3 is 2.15 bits per heavy atom. The molecule has 1 aliphatic rings. The third-order valence-corrected chi connectivity index (χ3v) is 5.70. The lowest BCUT2D eigenvalue weighted by Gasteiger charge is -2.27. The molecular weight excluding hydrogens is 428 g/mol. The third-order valence-electron chi connectivity index (χ3n) is 5.70. The molecule has 9 heteroatoms. The van der Waals surface area contributed by atoms with Crippen LogP contribution in [0.4, 0.5) is 5.69 Å². The molecule has 2 heterocycles. The van der Waals surface area contributed by atoms with E-state index in [0.29, 0.717) is 28.7 Å². The fourth-order valence-electron chi connectivity index (χ4n) is 4.16.